The molecule has 1 atom stereocenters. The maximum atomic E-state index is 12.9. The zero-order valence-corrected chi connectivity index (χ0v) is 13.9. The van der Waals surface area contributed by atoms with Crippen molar-refractivity contribution < 1.29 is 0 Å². The van der Waals surface area contributed by atoms with E-state index in [2.05, 4.69) is 23.9 Å². The van der Waals surface area contributed by atoms with Crippen LogP contribution in [0.2, 0.25) is 0 Å². The third kappa shape index (κ3) is 2.47. The molecule has 0 amide bonds. The van der Waals surface area contributed by atoms with Gasteiger partial charge in [-0.15, -0.1) is 11.3 Å². The lowest BCUT2D eigenvalue weighted by molar-refractivity contribution is 0.502. The number of fused-ring (bicyclic) bond motifs is 1. The molecule has 0 saturated carbocycles. The quantitative estimate of drug-likeness (QED) is 0.726. The second-order valence-electron chi connectivity index (χ2n) is 5.44. The van der Waals surface area contributed by atoms with Crippen molar-refractivity contribution in [2.45, 2.75) is 39.2 Å². The molecule has 6 heteroatoms. The number of aryl methyl sites for hydroxylation is 2. The second kappa shape index (κ2) is 6.04. The molecule has 0 aliphatic rings. The summed E-state index contributed by atoms with van der Waals surface area (Å²) in [5, 5.41) is 4.95. The zero-order valence-electron chi connectivity index (χ0n) is 13.1. The van der Waals surface area contributed by atoms with E-state index in [0.29, 0.717) is 0 Å². The van der Waals surface area contributed by atoms with Crippen LogP contribution in [0.4, 0.5) is 0 Å². The van der Waals surface area contributed by atoms with Crippen LogP contribution in [0.25, 0.3) is 10.2 Å². The Morgan fingerprint density at radius 2 is 2.18 bits per heavy atom. The topological polar surface area (TPSA) is 52.7 Å². The van der Waals surface area contributed by atoms with E-state index >= 15 is 0 Å². The highest BCUT2D eigenvalue weighted by molar-refractivity contribution is 7.18. The number of nitrogens with zero attached hydrogens (tertiary/aromatic N) is 4. The number of hydrogen-bond acceptors (Lipinski definition) is 4. The molecule has 22 heavy (non-hydrogen) atoms. The Balaban J connectivity index is 2.12. The summed E-state index contributed by atoms with van der Waals surface area (Å²) in [6, 6.07) is 3.93. The van der Waals surface area contributed by atoms with Crippen molar-refractivity contribution in [2.24, 2.45) is 7.05 Å². The van der Waals surface area contributed by atoms with Gasteiger partial charge in [0.2, 0.25) is 0 Å². The molecule has 0 spiro atoms. The Bertz CT molecular complexity index is 845. The van der Waals surface area contributed by atoms with E-state index in [0.717, 1.165) is 35.2 Å². The predicted molar refractivity (Wildman–Crippen MR) is 89.5 cm³/mol. The molecule has 3 aromatic heterocycles. The average Bonchev–Trinajstić information content (AvgIpc) is 3.10. The van der Waals surface area contributed by atoms with Crippen LogP contribution in [0, 0.1) is 0 Å². The van der Waals surface area contributed by atoms with E-state index in [1.165, 1.54) is 4.88 Å². The minimum Gasteiger partial charge on any atom is -0.289 e. The van der Waals surface area contributed by atoms with E-state index in [4.69, 9.17) is 0 Å². The van der Waals surface area contributed by atoms with Crippen molar-refractivity contribution in [1.29, 1.82) is 0 Å². The Kier molecular flexibility index (Phi) is 4.11. The van der Waals surface area contributed by atoms with Crippen LogP contribution in [0.1, 0.15) is 43.3 Å². The molecule has 0 aliphatic carbocycles. The van der Waals surface area contributed by atoms with Crippen LogP contribution in [0.5, 0.6) is 0 Å². The van der Waals surface area contributed by atoms with Crippen molar-refractivity contribution in [3.05, 3.63) is 45.6 Å². The standard InChI is InChI=1S/C16H20N4OS/c1-4-6-11-9-12-15(22-11)17-10-20(16(12)21)13(5-2)14-7-8-18-19(14)3/h7-10,13H,4-6H2,1-3H3/t13-/m0/s1. The molecule has 3 aromatic rings. The molecule has 3 heterocycles. The van der Waals surface area contributed by atoms with Gasteiger partial charge in [-0.25, -0.2) is 4.98 Å². The first kappa shape index (κ1) is 15.0. The van der Waals surface area contributed by atoms with Gasteiger partial charge in [-0.1, -0.05) is 20.3 Å². The minimum absolute atomic E-state index is 0.0357. The Labute approximate surface area is 133 Å². The van der Waals surface area contributed by atoms with Gasteiger partial charge in [0.25, 0.3) is 5.56 Å². The van der Waals surface area contributed by atoms with Crippen LogP contribution in [0.3, 0.4) is 0 Å². The third-order valence-electron chi connectivity index (χ3n) is 3.95. The van der Waals surface area contributed by atoms with Crippen LogP contribution in [-0.4, -0.2) is 19.3 Å². The van der Waals surface area contributed by atoms with Gasteiger partial charge in [0.15, 0.2) is 0 Å². The summed E-state index contributed by atoms with van der Waals surface area (Å²) >= 11 is 1.62. The van der Waals surface area contributed by atoms with Crippen LogP contribution < -0.4 is 5.56 Å². The fourth-order valence-electron chi connectivity index (χ4n) is 2.84. The molecule has 0 aliphatic heterocycles. The van der Waals surface area contributed by atoms with Crippen molar-refractivity contribution >= 4 is 21.6 Å². The molecular weight excluding hydrogens is 296 g/mol. The number of aromatic nitrogens is 4. The molecule has 0 unspecified atom stereocenters. The van der Waals surface area contributed by atoms with Crippen molar-refractivity contribution in [2.75, 3.05) is 0 Å². The van der Waals surface area contributed by atoms with Crippen LogP contribution in [0.15, 0.2) is 29.5 Å². The highest BCUT2D eigenvalue weighted by atomic mass is 32.1. The van der Waals surface area contributed by atoms with Gasteiger partial charge >= 0.3 is 0 Å². The van der Waals surface area contributed by atoms with E-state index < -0.39 is 0 Å². The fourth-order valence-corrected chi connectivity index (χ4v) is 3.92. The van der Waals surface area contributed by atoms with Crippen molar-refractivity contribution in [3.8, 4) is 0 Å². The molecule has 0 fully saturated rings. The highest BCUT2D eigenvalue weighted by Gasteiger charge is 2.18. The third-order valence-corrected chi connectivity index (χ3v) is 5.05. The fraction of sp³-hybridized carbons (Fsp3) is 0.438. The smallest absolute Gasteiger partial charge is 0.262 e. The summed E-state index contributed by atoms with van der Waals surface area (Å²) in [6.07, 6.45) is 6.34. The molecular formula is C16H20N4OS. The summed E-state index contributed by atoms with van der Waals surface area (Å²) in [6.45, 7) is 4.22. The van der Waals surface area contributed by atoms with Gasteiger partial charge in [0.1, 0.15) is 4.83 Å². The van der Waals surface area contributed by atoms with E-state index in [1.807, 2.05) is 23.9 Å². The second-order valence-corrected chi connectivity index (χ2v) is 6.56. The maximum Gasteiger partial charge on any atom is 0.262 e. The number of rotatable bonds is 5. The first-order valence-electron chi connectivity index (χ1n) is 7.63. The molecule has 0 N–H and O–H groups in total. The van der Waals surface area contributed by atoms with Crippen molar-refractivity contribution in [3.63, 3.8) is 0 Å². The lowest BCUT2D eigenvalue weighted by Crippen LogP contribution is -2.26. The largest absolute Gasteiger partial charge is 0.289 e. The summed E-state index contributed by atoms with van der Waals surface area (Å²) in [4.78, 5) is 19.4. The first-order valence-corrected chi connectivity index (χ1v) is 8.44. The lowest BCUT2D eigenvalue weighted by atomic mass is 10.1. The molecule has 0 saturated heterocycles. The first-order chi connectivity index (χ1) is 10.7. The summed E-state index contributed by atoms with van der Waals surface area (Å²) < 4.78 is 3.56. The predicted octanol–water partition coefficient (Wildman–Crippen LogP) is 3.14. The van der Waals surface area contributed by atoms with Gasteiger partial charge < -0.3 is 0 Å². The van der Waals surface area contributed by atoms with Gasteiger partial charge in [0.05, 0.1) is 23.4 Å². The molecule has 0 bridgehead atoms. The zero-order chi connectivity index (χ0) is 15.7. The summed E-state index contributed by atoms with van der Waals surface area (Å²) in [5.74, 6) is 0. The number of hydrogen-bond donors (Lipinski definition) is 0. The molecule has 0 radical (unpaired) electrons. The Hall–Kier alpha value is -1.95. The SMILES string of the molecule is CCCc1cc2c(=O)n([C@@H](CC)c3ccnn3C)cnc2s1. The summed E-state index contributed by atoms with van der Waals surface area (Å²) in [7, 11) is 1.90. The van der Waals surface area contributed by atoms with E-state index in [9.17, 15) is 4.79 Å². The van der Waals surface area contributed by atoms with Crippen LogP contribution >= 0.6 is 11.3 Å². The van der Waals surface area contributed by atoms with E-state index in [-0.39, 0.29) is 11.6 Å². The summed E-state index contributed by atoms with van der Waals surface area (Å²) in [5.41, 5.74) is 1.06. The van der Waals surface area contributed by atoms with Gasteiger partial charge in [-0.05, 0) is 25.0 Å². The Morgan fingerprint density at radius 1 is 1.36 bits per heavy atom. The molecule has 5 nitrogen and oxygen atoms in total. The van der Waals surface area contributed by atoms with Crippen molar-refractivity contribution in [1.82, 2.24) is 19.3 Å². The van der Waals surface area contributed by atoms with Gasteiger partial charge in [0, 0.05) is 18.1 Å². The Morgan fingerprint density at radius 3 is 2.82 bits per heavy atom. The van der Waals surface area contributed by atoms with Gasteiger partial charge in [-0.3, -0.25) is 14.0 Å². The maximum absolute atomic E-state index is 12.9. The normalized spacial score (nSPS) is 12.9. The number of thiophene rings is 1. The lowest BCUT2D eigenvalue weighted by Gasteiger charge is -2.18. The molecule has 3 rings (SSSR count). The molecule has 116 valence electrons. The van der Waals surface area contributed by atoms with Crippen LogP contribution in [-0.2, 0) is 13.5 Å². The van der Waals surface area contributed by atoms with E-state index in [1.54, 1.807) is 28.4 Å². The van der Waals surface area contributed by atoms with Gasteiger partial charge in [-0.2, -0.15) is 5.10 Å². The minimum atomic E-state index is -0.0357. The average molecular weight is 316 g/mol. The highest BCUT2D eigenvalue weighted by Crippen LogP contribution is 2.24. The monoisotopic (exact) mass is 316 g/mol. The molecule has 0 aromatic carbocycles.